The van der Waals surface area contributed by atoms with Crippen LogP contribution in [0.3, 0.4) is 0 Å². The minimum Gasteiger partial charge on any atom is -0.318 e. The number of rotatable bonds is 2. The van der Waals surface area contributed by atoms with Crippen molar-refractivity contribution in [1.82, 2.24) is 0 Å². The number of hydrogen-bond acceptors (Lipinski definition) is 2. The van der Waals surface area contributed by atoms with Crippen LogP contribution < -0.4 is 10.6 Å². The van der Waals surface area contributed by atoms with E-state index in [0.29, 0.717) is 11.4 Å². The summed E-state index contributed by atoms with van der Waals surface area (Å²) in [4.78, 5) is 23.5. The van der Waals surface area contributed by atoms with Gasteiger partial charge in [0.15, 0.2) is 0 Å². The summed E-state index contributed by atoms with van der Waals surface area (Å²) in [5, 5.41) is 5.07. The smallest absolute Gasteiger partial charge is 0.314 e. The van der Waals surface area contributed by atoms with E-state index in [1.807, 2.05) is 25.1 Å². The van der Waals surface area contributed by atoms with Crippen molar-refractivity contribution < 1.29 is 9.59 Å². The van der Waals surface area contributed by atoms with Gasteiger partial charge in [-0.3, -0.25) is 9.59 Å². The van der Waals surface area contributed by atoms with Gasteiger partial charge in [-0.2, -0.15) is 0 Å². The minimum absolute atomic E-state index is 0.559. The highest BCUT2D eigenvalue weighted by Crippen LogP contribution is 2.15. The van der Waals surface area contributed by atoms with Crippen LogP contribution in [-0.4, -0.2) is 11.8 Å². The SMILES string of the molecule is Cc1ccc(NC(=O)C(=O)Nc2cccc(Br)c2)cc1. The summed E-state index contributed by atoms with van der Waals surface area (Å²) in [7, 11) is 0. The van der Waals surface area contributed by atoms with E-state index in [1.165, 1.54) is 0 Å². The quantitative estimate of drug-likeness (QED) is 0.828. The van der Waals surface area contributed by atoms with Gasteiger partial charge in [0.25, 0.3) is 0 Å². The van der Waals surface area contributed by atoms with Crippen molar-refractivity contribution in [3.05, 3.63) is 58.6 Å². The number of carbonyl (C=O) groups is 2. The summed E-state index contributed by atoms with van der Waals surface area (Å²) in [6.45, 7) is 1.95. The zero-order valence-corrected chi connectivity index (χ0v) is 12.4. The molecule has 0 radical (unpaired) electrons. The van der Waals surface area contributed by atoms with Gasteiger partial charge >= 0.3 is 11.8 Å². The van der Waals surface area contributed by atoms with E-state index in [2.05, 4.69) is 26.6 Å². The monoisotopic (exact) mass is 332 g/mol. The molecule has 0 aliphatic rings. The Morgan fingerprint density at radius 3 is 2.10 bits per heavy atom. The number of amides is 2. The third-order valence-electron chi connectivity index (χ3n) is 2.60. The highest BCUT2D eigenvalue weighted by molar-refractivity contribution is 9.10. The van der Waals surface area contributed by atoms with Crippen molar-refractivity contribution in [2.45, 2.75) is 6.92 Å². The van der Waals surface area contributed by atoms with Crippen LogP contribution in [0.15, 0.2) is 53.0 Å². The Kier molecular flexibility index (Phi) is 4.53. The van der Waals surface area contributed by atoms with Gasteiger partial charge in [0, 0.05) is 15.8 Å². The van der Waals surface area contributed by atoms with Crippen LogP contribution in [0.1, 0.15) is 5.56 Å². The van der Waals surface area contributed by atoms with Crippen LogP contribution in [-0.2, 0) is 9.59 Å². The molecule has 102 valence electrons. The molecule has 0 fully saturated rings. The molecular weight excluding hydrogens is 320 g/mol. The second-order valence-corrected chi connectivity index (χ2v) is 5.20. The largest absolute Gasteiger partial charge is 0.318 e. The molecule has 2 aromatic rings. The molecule has 2 N–H and O–H groups in total. The van der Waals surface area contributed by atoms with Gasteiger partial charge in [-0.05, 0) is 37.3 Å². The lowest BCUT2D eigenvalue weighted by atomic mass is 10.2. The maximum Gasteiger partial charge on any atom is 0.314 e. The lowest BCUT2D eigenvalue weighted by Crippen LogP contribution is -2.29. The number of aryl methyl sites for hydroxylation is 1. The van der Waals surface area contributed by atoms with Crippen LogP contribution in [0.25, 0.3) is 0 Å². The van der Waals surface area contributed by atoms with Crippen molar-refractivity contribution in [2.75, 3.05) is 10.6 Å². The fourth-order valence-corrected chi connectivity index (χ4v) is 1.98. The molecule has 2 amide bonds. The molecule has 0 unspecified atom stereocenters. The van der Waals surface area contributed by atoms with Gasteiger partial charge in [0.1, 0.15) is 0 Å². The average Bonchev–Trinajstić information content (AvgIpc) is 2.41. The zero-order chi connectivity index (χ0) is 14.5. The summed E-state index contributed by atoms with van der Waals surface area (Å²) in [6.07, 6.45) is 0. The van der Waals surface area contributed by atoms with Gasteiger partial charge in [-0.15, -0.1) is 0 Å². The highest BCUT2D eigenvalue weighted by atomic mass is 79.9. The molecule has 2 aromatic carbocycles. The van der Waals surface area contributed by atoms with Gasteiger partial charge in [-0.25, -0.2) is 0 Å². The highest BCUT2D eigenvalue weighted by Gasteiger charge is 2.13. The van der Waals surface area contributed by atoms with Gasteiger partial charge in [0.2, 0.25) is 0 Å². The molecule has 0 spiro atoms. The maximum atomic E-state index is 11.8. The lowest BCUT2D eigenvalue weighted by Gasteiger charge is -2.07. The summed E-state index contributed by atoms with van der Waals surface area (Å²) in [6, 6.07) is 14.3. The first-order valence-corrected chi connectivity index (χ1v) is 6.78. The van der Waals surface area contributed by atoms with E-state index in [1.54, 1.807) is 30.3 Å². The Hall–Kier alpha value is -2.14. The van der Waals surface area contributed by atoms with Crippen LogP contribution >= 0.6 is 15.9 Å². The standard InChI is InChI=1S/C15H13BrN2O2/c1-10-5-7-12(8-6-10)17-14(19)15(20)18-13-4-2-3-11(16)9-13/h2-9H,1H3,(H,17,19)(H,18,20). The Balaban J connectivity index is 1.98. The number of carbonyl (C=O) groups excluding carboxylic acids is 2. The molecule has 20 heavy (non-hydrogen) atoms. The predicted octanol–water partition coefficient (Wildman–Crippen LogP) is 3.33. The molecule has 0 heterocycles. The topological polar surface area (TPSA) is 58.2 Å². The Morgan fingerprint density at radius 2 is 1.50 bits per heavy atom. The first-order valence-electron chi connectivity index (χ1n) is 5.99. The first-order chi connectivity index (χ1) is 9.54. The van der Waals surface area contributed by atoms with E-state index in [-0.39, 0.29) is 0 Å². The number of benzene rings is 2. The molecule has 4 nitrogen and oxygen atoms in total. The molecule has 2 rings (SSSR count). The van der Waals surface area contributed by atoms with Crippen molar-refractivity contribution in [1.29, 1.82) is 0 Å². The molecule has 0 aliphatic heterocycles. The summed E-state index contributed by atoms with van der Waals surface area (Å²) < 4.78 is 0.828. The van der Waals surface area contributed by atoms with Crippen molar-refractivity contribution in [2.24, 2.45) is 0 Å². The molecule has 5 heteroatoms. The second-order valence-electron chi connectivity index (χ2n) is 4.28. The Bertz CT molecular complexity index is 639. The van der Waals surface area contributed by atoms with Gasteiger partial charge in [-0.1, -0.05) is 39.7 Å². The maximum absolute atomic E-state index is 11.8. The molecular formula is C15H13BrN2O2. The molecule has 0 saturated heterocycles. The van der Waals surface area contributed by atoms with Gasteiger partial charge in [0.05, 0.1) is 0 Å². The number of nitrogens with one attached hydrogen (secondary N) is 2. The lowest BCUT2D eigenvalue weighted by molar-refractivity contribution is -0.132. The van der Waals surface area contributed by atoms with Crippen molar-refractivity contribution >= 4 is 39.1 Å². The number of hydrogen-bond donors (Lipinski definition) is 2. The molecule has 0 saturated carbocycles. The molecule has 0 aliphatic carbocycles. The third-order valence-corrected chi connectivity index (χ3v) is 3.09. The fourth-order valence-electron chi connectivity index (χ4n) is 1.58. The van der Waals surface area contributed by atoms with Crippen molar-refractivity contribution in [3.8, 4) is 0 Å². The van der Waals surface area contributed by atoms with E-state index in [0.717, 1.165) is 10.0 Å². The Morgan fingerprint density at radius 1 is 0.900 bits per heavy atom. The van der Waals surface area contributed by atoms with E-state index in [9.17, 15) is 9.59 Å². The van der Waals surface area contributed by atoms with Crippen molar-refractivity contribution in [3.63, 3.8) is 0 Å². The molecule has 0 atom stereocenters. The zero-order valence-electron chi connectivity index (χ0n) is 10.8. The fraction of sp³-hybridized carbons (Fsp3) is 0.0667. The first kappa shape index (κ1) is 14.3. The van der Waals surface area contributed by atoms with Crippen LogP contribution in [0, 0.1) is 6.92 Å². The van der Waals surface area contributed by atoms with Gasteiger partial charge < -0.3 is 10.6 Å². The second kappa shape index (κ2) is 6.34. The molecule has 0 aromatic heterocycles. The van der Waals surface area contributed by atoms with Crippen LogP contribution in [0.2, 0.25) is 0 Å². The normalized spacial score (nSPS) is 9.90. The summed E-state index contributed by atoms with van der Waals surface area (Å²) in [5.41, 5.74) is 2.23. The minimum atomic E-state index is -0.705. The summed E-state index contributed by atoms with van der Waals surface area (Å²) in [5.74, 6) is -1.41. The third kappa shape index (κ3) is 3.93. The summed E-state index contributed by atoms with van der Waals surface area (Å²) >= 11 is 3.30. The van der Waals surface area contributed by atoms with E-state index < -0.39 is 11.8 Å². The van der Waals surface area contributed by atoms with Crippen LogP contribution in [0.5, 0.6) is 0 Å². The number of halogens is 1. The predicted molar refractivity (Wildman–Crippen MR) is 82.6 cm³/mol. The average molecular weight is 333 g/mol. The molecule has 0 bridgehead atoms. The van der Waals surface area contributed by atoms with E-state index >= 15 is 0 Å². The van der Waals surface area contributed by atoms with E-state index in [4.69, 9.17) is 0 Å². The Labute approximate surface area is 125 Å². The van der Waals surface area contributed by atoms with Crippen LogP contribution in [0.4, 0.5) is 11.4 Å². The number of anilines is 2.